The second-order valence-electron chi connectivity index (χ2n) is 9.32. The average Bonchev–Trinajstić information content (AvgIpc) is 3.39. The molecule has 1 aromatic carbocycles. The molecule has 3 heterocycles. The van der Waals surface area contributed by atoms with E-state index in [1.54, 1.807) is 6.07 Å². The molecule has 14 nitrogen and oxygen atoms in total. The molecule has 0 bridgehead atoms. The number of fused-ring (bicyclic) bond motifs is 1. The van der Waals surface area contributed by atoms with Crippen LogP contribution in [-0.4, -0.2) is 72.3 Å². The Labute approximate surface area is 246 Å². The molecule has 16 heteroatoms. The van der Waals surface area contributed by atoms with E-state index in [0.29, 0.717) is 16.7 Å². The van der Waals surface area contributed by atoms with Crippen LogP contribution in [0.4, 0.5) is 5.13 Å². The quantitative estimate of drug-likeness (QED) is 0.180. The number of allylic oxidation sites excluding steroid dienone is 1. The summed E-state index contributed by atoms with van der Waals surface area (Å²) in [5, 5.41) is 44.7. The molecule has 2 aliphatic heterocycles. The Bertz CT molecular complexity index is 1680. The van der Waals surface area contributed by atoms with E-state index in [1.165, 1.54) is 55.3 Å². The molecule has 2 unspecified atom stereocenters. The summed E-state index contributed by atoms with van der Waals surface area (Å²) in [6.07, 6.45) is 3.02. The van der Waals surface area contributed by atoms with Crippen molar-refractivity contribution in [3.05, 3.63) is 63.3 Å². The van der Waals surface area contributed by atoms with Crippen molar-refractivity contribution in [3.63, 3.8) is 0 Å². The van der Waals surface area contributed by atoms with E-state index in [-0.39, 0.29) is 27.8 Å². The van der Waals surface area contributed by atoms with E-state index >= 15 is 0 Å². The lowest BCUT2D eigenvalue weighted by Crippen LogP contribution is -2.71. The third-order valence-corrected chi connectivity index (χ3v) is 8.09. The minimum Gasteiger partial charge on any atom is -0.478 e. The molecule has 0 radical (unpaired) electrons. The number of benzene rings is 1. The van der Waals surface area contributed by atoms with E-state index in [4.69, 9.17) is 15.8 Å². The summed E-state index contributed by atoms with van der Waals surface area (Å²) in [5.41, 5.74) is 4.48. The molecule has 1 fully saturated rings. The van der Waals surface area contributed by atoms with Gasteiger partial charge in [-0.15, -0.1) is 23.1 Å². The summed E-state index contributed by atoms with van der Waals surface area (Å²) in [4.78, 5) is 60.1. The van der Waals surface area contributed by atoms with Gasteiger partial charge in [0.15, 0.2) is 10.8 Å². The van der Waals surface area contributed by atoms with Crippen molar-refractivity contribution >= 4 is 63.8 Å². The third-order valence-electron chi connectivity index (χ3n) is 6.11. The standard InChI is InChI=1S/C26H21N7O7S2/c1-26(2,24(38)39)40-32-17(16-11-42-25(29)30-16)20(34)31-18-21(35)33-19(23(36)37)14(10-41-22(18)33)6-5-13-4-3-12(8-27)7-15(13)9-28/h3-7,11,18,22H,10H2,1-2H3,(H2,29,30)(H,31,34)(H,36,37)(H,38,39)/b6-5+,32-17+. The number of amides is 2. The molecular formula is C26H21N7O7S2. The van der Waals surface area contributed by atoms with Gasteiger partial charge in [-0.05, 0) is 37.1 Å². The maximum atomic E-state index is 13.2. The molecule has 2 aliphatic rings. The molecule has 0 aliphatic carbocycles. The van der Waals surface area contributed by atoms with Crippen LogP contribution in [-0.2, 0) is 24.0 Å². The molecule has 0 spiro atoms. The Balaban J connectivity index is 1.57. The fraction of sp³-hybridized carbons (Fsp3) is 0.231. The first-order valence-electron chi connectivity index (χ1n) is 11.9. The number of carbonyl (C=O) groups is 4. The van der Waals surface area contributed by atoms with Crippen molar-refractivity contribution in [3.8, 4) is 12.1 Å². The summed E-state index contributed by atoms with van der Waals surface area (Å²) < 4.78 is 0. The normalized spacial score (nSPS) is 18.5. The predicted octanol–water partition coefficient (Wildman–Crippen LogP) is 1.50. The third kappa shape index (κ3) is 5.80. The highest BCUT2D eigenvalue weighted by Crippen LogP contribution is 2.41. The van der Waals surface area contributed by atoms with Crippen LogP contribution in [0.3, 0.4) is 0 Å². The Morgan fingerprint density at radius 1 is 1.26 bits per heavy atom. The largest absolute Gasteiger partial charge is 0.478 e. The number of aliphatic carboxylic acids is 2. The zero-order chi connectivity index (χ0) is 30.8. The second kappa shape index (κ2) is 11.7. The number of thioether (sulfide) groups is 1. The number of thiazole rings is 1. The van der Waals surface area contributed by atoms with Crippen LogP contribution in [0.1, 0.15) is 36.2 Å². The summed E-state index contributed by atoms with van der Waals surface area (Å²) >= 11 is 2.21. The van der Waals surface area contributed by atoms with Gasteiger partial charge in [0.2, 0.25) is 5.60 Å². The van der Waals surface area contributed by atoms with Gasteiger partial charge >= 0.3 is 11.9 Å². The molecular weight excluding hydrogens is 586 g/mol. The number of β-lactam (4-membered cyclic amide) rings is 1. The molecule has 214 valence electrons. The number of nitrogens with one attached hydrogen (secondary N) is 1. The number of hydrogen-bond donors (Lipinski definition) is 4. The highest BCUT2D eigenvalue weighted by Gasteiger charge is 2.54. The van der Waals surface area contributed by atoms with E-state index in [1.807, 2.05) is 12.1 Å². The maximum Gasteiger partial charge on any atom is 0.352 e. The number of nitriles is 2. The Kier molecular flexibility index (Phi) is 8.32. The molecule has 1 aromatic heterocycles. The second-order valence-corrected chi connectivity index (χ2v) is 11.3. The molecule has 2 amide bonds. The first-order valence-corrected chi connectivity index (χ1v) is 13.9. The Morgan fingerprint density at radius 3 is 2.60 bits per heavy atom. The fourth-order valence-corrected chi connectivity index (χ4v) is 5.71. The van der Waals surface area contributed by atoms with Gasteiger partial charge in [-0.2, -0.15) is 10.5 Å². The van der Waals surface area contributed by atoms with Crippen LogP contribution in [0.25, 0.3) is 6.08 Å². The van der Waals surface area contributed by atoms with Gasteiger partial charge in [0, 0.05) is 11.1 Å². The smallest absolute Gasteiger partial charge is 0.352 e. The number of carboxylic acids is 2. The average molecular weight is 608 g/mol. The van der Waals surface area contributed by atoms with Crippen molar-refractivity contribution in [2.45, 2.75) is 30.9 Å². The topological polar surface area (TPSA) is 232 Å². The van der Waals surface area contributed by atoms with Gasteiger partial charge in [0.05, 0.1) is 23.3 Å². The van der Waals surface area contributed by atoms with Crippen LogP contribution in [0.5, 0.6) is 0 Å². The van der Waals surface area contributed by atoms with Gasteiger partial charge in [0.1, 0.15) is 22.8 Å². The lowest BCUT2D eigenvalue weighted by Gasteiger charge is -2.49. The zero-order valence-electron chi connectivity index (χ0n) is 21.9. The van der Waals surface area contributed by atoms with E-state index in [0.717, 1.165) is 16.2 Å². The summed E-state index contributed by atoms with van der Waals surface area (Å²) in [6, 6.07) is 7.31. The maximum absolute atomic E-state index is 13.2. The van der Waals surface area contributed by atoms with Crippen LogP contribution < -0.4 is 11.1 Å². The molecule has 4 rings (SSSR count). The minimum atomic E-state index is -1.79. The summed E-state index contributed by atoms with van der Waals surface area (Å²) in [7, 11) is 0. The SMILES string of the molecule is CC(C)(O/N=C(/C(=O)NC1C(=O)N2C(C(=O)O)=C(/C=C/c3ccc(C#N)cc3C#N)CSC12)c1csc(N)n1)C(=O)O. The molecule has 2 atom stereocenters. The molecule has 1 saturated heterocycles. The highest BCUT2D eigenvalue weighted by molar-refractivity contribution is 8.00. The Morgan fingerprint density at radius 2 is 2.00 bits per heavy atom. The number of nitrogens with two attached hydrogens (primary N) is 1. The van der Waals surface area contributed by atoms with Gasteiger partial charge < -0.3 is 26.1 Å². The number of carboxylic acid groups (broad SMARTS) is 2. The van der Waals surface area contributed by atoms with E-state index < -0.39 is 46.5 Å². The first-order chi connectivity index (χ1) is 19.9. The molecule has 2 aromatic rings. The van der Waals surface area contributed by atoms with Crippen molar-refractivity contribution < 1.29 is 34.2 Å². The summed E-state index contributed by atoms with van der Waals surface area (Å²) in [5.74, 6) is -4.13. The van der Waals surface area contributed by atoms with Crippen LogP contribution in [0.15, 0.2) is 46.1 Å². The lowest BCUT2D eigenvalue weighted by molar-refractivity contribution is -0.161. The number of aromatic nitrogens is 1. The van der Waals surface area contributed by atoms with Crippen LogP contribution >= 0.6 is 23.1 Å². The zero-order valence-corrected chi connectivity index (χ0v) is 23.5. The number of rotatable bonds is 9. The minimum absolute atomic E-state index is 0.00537. The summed E-state index contributed by atoms with van der Waals surface area (Å²) in [6.45, 7) is 2.45. The van der Waals surface area contributed by atoms with Crippen molar-refractivity contribution in [2.75, 3.05) is 11.5 Å². The first kappa shape index (κ1) is 29.8. The number of anilines is 1. The number of nitrogen functional groups attached to an aromatic ring is 1. The van der Waals surface area contributed by atoms with E-state index in [9.17, 15) is 34.7 Å². The van der Waals surface area contributed by atoms with Gasteiger partial charge in [0.25, 0.3) is 11.8 Å². The Hall–Kier alpha value is -5.19. The predicted molar refractivity (Wildman–Crippen MR) is 150 cm³/mol. The van der Waals surface area contributed by atoms with Gasteiger partial charge in [-0.25, -0.2) is 14.6 Å². The number of carbonyl (C=O) groups excluding carboxylic acids is 2. The van der Waals surface area contributed by atoms with Crippen LogP contribution in [0, 0.1) is 22.7 Å². The number of nitrogens with zero attached hydrogens (tertiary/aromatic N) is 5. The van der Waals surface area contributed by atoms with Gasteiger partial charge in [-0.1, -0.05) is 23.4 Å². The molecule has 5 N–H and O–H groups in total. The van der Waals surface area contributed by atoms with E-state index in [2.05, 4.69) is 15.5 Å². The number of oxime groups is 1. The lowest BCUT2D eigenvalue weighted by atomic mass is 10.0. The van der Waals surface area contributed by atoms with Crippen LogP contribution in [0.2, 0.25) is 0 Å². The van der Waals surface area contributed by atoms with Crippen molar-refractivity contribution in [1.29, 1.82) is 10.5 Å². The highest BCUT2D eigenvalue weighted by atomic mass is 32.2. The fourth-order valence-electron chi connectivity index (χ4n) is 3.84. The number of hydrogen-bond acceptors (Lipinski definition) is 12. The monoisotopic (exact) mass is 607 g/mol. The van der Waals surface area contributed by atoms with Crippen molar-refractivity contribution in [1.82, 2.24) is 15.2 Å². The molecule has 0 saturated carbocycles. The molecule has 42 heavy (non-hydrogen) atoms. The van der Waals surface area contributed by atoms with Gasteiger partial charge in [-0.3, -0.25) is 14.5 Å². The van der Waals surface area contributed by atoms with Crippen molar-refractivity contribution in [2.24, 2.45) is 5.16 Å².